The highest BCUT2D eigenvalue weighted by Gasteiger charge is 2.37. The molecule has 4 heteroatoms. The Labute approximate surface area is 177 Å². The Kier molecular flexibility index (Phi) is 6.40. The molecule has 2 aliphatic rings. The first-order chi connectivity index (χ1) is 14.5. The van der Waals surface area contributed by atoms with E-state index in [9.17, 15) is 8.78 Å². The summed E-state index contributed by atoms with van der Waals surface area (Å²) in [6, 6.07) is 4.80. The van der Waals surface area contributed by atoms with Crippen molar-refractivity contribution in [2.24, 2.45) is 17.8 Å². The van der Waals surface area contributed by atoms with Crippen LogP contribution in [0, 0.1) is 35.2 Å². The summed E-state index contributed by atoms with van der Waals surface area (Å²) in [6.07, 6.45) is 11.4. The van der Waals surface area contributed by atoms with Gasteiger partial charge in [0.15, 0.2) is 23.2 Å². The van der Waals surface area contributed by atoms with E-state index in [2.05, 4.69) is 6.92 Å². The zero-order chi connectivity index (χ0) is 21.3. The molecule has 0 amide bonds. The third-order valence-electron chi connectivity index (χ3n) is 7.42. The minimum Gasteiger partial charge on any atom is -0.486 e. The van der Waals surface area contributed by atoms with Crippen LogP contribution in [0.25, 0.3) is 10.8 Å². The molecule has 162 valence electrons. The van der Waals surface area contributed by atoms with Gasteiger partial charge in [-0.05, 0) is 85.8 Å². The lowest BCUT2D eigenvalue weighted by Gasteiger charge is -2.42. The average Bonchev–Trinajstić information content (AvgIpc) is 2.77. The Hall–Kier alpha value is -1.97. The van der Waals surface area contributed by atoms with Gasteiger partial charge in [-0.1, -0.05) is 38.0 Å². The second-order valence-corrected chi connectivity index (χ2v) is 9.07. The summed E-state index contributed by atoms with van der Waals surface area (Å²) >= 11 is 0. The van der Waals surface area contributed by atoms with Crippen LogP contribution < -0.4 is 4.74 Å². The smallest absolute Gasteiger partial charge is 0.175 e. The molecule has 0 radical (unpaired) electrons. The minimum atomic E-state index is -1.09. The largest absolute Gasteiger partial charge is 0.486 e. The van der Waals surface area contributed by atoms with Crippen molar-refractivity contribution in [2.75, 3.05) is 6.61 Å². The van der Waals surface area contributed by atoms with Crippen molar-refractivity contribution in [3.8, 4) is 5.75 Å². The standard InChI is InChI=1S/C26H31F3O/c1-3-5-12-30-22-11-10-20-15-21(24(27)26(29)23(20)25(22)28)19-9-8-17-13-16(4-2)6-7-18(17)14-19/h3,5,10-11,15-19H,4,6-9,12-14H2,1-2H3/b5-3+. The zero-order valence-electron chi connectivity index (χ0n) is 17.9. The fraction of sp³-hybridized carbons (Fsp3) is 0.538. The van der Waals surface area contributed by atoms with Crippen molar-refractivity contribution in [1.82, 2.24) is 0 Å². The van der Waals surface area contributed by atoms with Crippen LogP contribution in [-0.4, -0.2) is 6.61 Å². The quantitative estimate of drug-likeness (QED) is 0.450. The molecular weight excluding hydrogens is 385 g/mol. The predicted molar refractivity (Wildman–Crippen MR) is 115 cm³/mol. The maximum Gasteiger partial charge on any atom is 0.175 e. The van der Waals surface area contributed by atoms with Crippen LogP contribution in [0.5, 0.6) is 5.75 Å². The van der Waals surface area contributed by atoms with E-state index in [1.54, 1.807) is 24.3 Å². The fourth-order valence-electron chi connectivity index (χ4n) is 5.66. The van der Waals surface area contributed by atoms with E-state index in [1.165, 1.54) is 31.7 Å². The molecule has 0 aliphatic heterocycles. The summed E-state index contributed by atoms with van der Waals surface area (Å²) in [4.78, 5) is 0. The average molecular weight is 417 g/mol. The molecule has 30 heavy (non-hydrogen) atoms. The molecule has 0 spiro atoms. The van der Waals surface area contributed by atoms with Gasteiger partial charge in [-0.25, -0.2) is 13.2 Å². The third-order valence-corrected chi connectivity index (χ3v) is 7.42. The summed E-state index contributed by atoms with van der Waals surface area (Å²) in [7, 11) is 0. The van der Waals surface area contributed by atoms with Crippen molar-refractivity contribution in [1.29, 1.82) is 0 Å². The first-order valence-corrected chi connectivity index (χ1v) is 11.4. The summed E-state index contributed by atoms with van der Waals surface area (Å²) in [6.45, 7) is 4.28. The van der Waals surface area contributed by atoms with E-state index < -0.39 is 17.5 Å². The third kappa shape index (κ3) is 3.98. The van der Waals surface area contributed by atoms with Crippen molar-refractivity contribution in [3.05, 3.63) is 53.4 Å². The fourth-order valence-corrected chi connectivity index (χ4v) is 5.66. The molecule has 0 N–H and O–H groups in total. The maximum atomic E-state index is 15.1. The number of hydrogen-bond acceptors (Lipinski definition) is 1. The summed E-state index contributed by atoms with van der Waals surface area (Å²) < 4.78 is 50.3. The Morgan fingerprint density at radius 2 is 1.73 bits per heavy atom. The topological polar surface area (TPSA) is 9.23 Å². The molecule has 4 rings (SSSR count). The van der Waals surface area contributed by atoms with Crippen LogP contribution in [0.15, 0.2) is 30.4 Å². The Bertz CT molecular complexity index is 936. The molecule has 4 atom stereocenters. The van der Waals surface area contributed by atoms with E-state index in [4.69, 9.17) is 4.74 Å². The van der Waals surface area contributed by atoms with Crippen molar-refractivity contribution < 1.29 is 17.9 Å². The highest BCUT2D eigenvalue weighted by atomic mass is 19.2. The molecule has 0 saturated heterocycles. The number of fused-ring (bicyclic) bond motifs is 2. The normalized spacial score (nSPS) is 26.8. The lowest BCUT2D eigenvalue weighted by Crippen LogP contribution is -2.30. The molecule has 0 aromatic heterocycles. The Morgan fingerprint density at radius 1 is 0.967 bits per heavy atom. The summed E-state index contributed by atoms with van der Waals surface area (Å²) in [5, 5.41) is 0.0861. The molecule has 2 saturated carbocycles. The number of halogens is 3. The molecule has 2 fully saturated rings. The number of allylic oxidation sites excluding steroid dienone is 1. The van der Waals surface area contributed by atoms with Gasteiger partial charge in [-0.15, -0.1) is 0 Å². The second-order valence-electron chi connectivity index (χ2n) is 9.07. The van der Waals surface area contributed by atoms with Crippen molar-refractivity contribution in [2.45, 2.75) is 64.7 Å². The van der Waals surface area contributed by atoms with E-state index in [1.807, 2.05) is 6.92 Å². The number of rotatable bonds is 5. The lowest BCUT2D eigenvalue weighted by molar-refractivity contribution is 0.115. The van der Waals surface area contributed by atoms with Crippen molar-refractivity contribution in [3.63, 3.8) is 0 Å². The van der Waals surface area contributed by atoms with Crippen LogP contribution in [0.4, 0.5) is 13.2 Å². The molecule has 2 aromatic carbocycles. The molecular formula is C26H31F3O. The predicted octanol–water partition coefficient (Wildman–Crippen LogP) is 7.92. The van der Waals surface area contributed by atoms with Crippen molar-refractivity contribution >= 4 is 10.8 Å². The summed E-state index contributed by atoms with van der Waals surface area (Å²) in [5.74, 6) is -0.708. The first-order valence-electron chi connectivity index (χ1n) is 11.4. The molecule has 4 unspecified atom stereocenters. The number of hydrogen-bond donors (Lipinski definition) is 0. The molecule has 2 aromatic rings. The SMILES string of the molecule is C/C=C/COc1ccc2cc(C3CCC4CC(CC)CCC4C3)c(F)c(F)c2c1F. The van der Waals surface area contributed by atoms with Gasteiger partial charge in [0.1, 0.15) is 6.61 Å². The van der Waals surface area contributed by atoms with Crippen LogP contribution in [-0.2, 0) is 0 Å². The van der Waals surface area contributed by atoms with Crippen LogP contribution in [0.1, 0.15) is 70.3 Å². The monoisotopic (exact) mass is 416 g/mol. The summed E-state index contributed by atoms with van der Waals surface area (Å²) in [5.41, 5.74) is 0.415. The van der Waals surface area contributed by atoms with Crippen LogP contribution in [0.3, 0.4) is 0 Å². The first kappa shape index (κ1) is 21.3. The molecule has 2 aliphatic carbocycles. The van der Waals surface area contributed by atoms with Gasteiger partial charge in [0.05, 0.1) is 5.39 Å². The second kappa shape index (κ2) is 9.03. The number of ether oxygens (including phenoxy) is 1. The van der Waals surface area contributed by atoms with Gasteiger partial charge < -0.3 is 4.74 Å². The van der Waals surface area contributed by atoms with Crippen LogP contribution >= 0.6 is 0 Å². The van der Waals surface area contributed by atoms with Crippen LogP contribution in [0.2, 0.25) is 0 Å². The van der Waals surface area contributed by atoms with Gasteiger partial charge in [-0.2, -0.15) is 0 Å². The molecule has 0 bridgehead atoms. The van der Waals surface area contributed by atoms with E-state index in [0.29, 0.717) is 16.9 Å². The van der Waals surface area contributed by atoms with Gasteiger partial charge in [0.25, 0.3) is 0 Å². The highest BCUT2D eigenvalue weighted by Crippen LogP contribution is 2.49. The number of benzene rings is 2. The van der Waals surface area contributed by atoms with Gasteiger partial charge in [0, 0.05) is 0 Å². The van der Waals surface area contributed by atoms with Gasteiger partial charge in [0.2, 0.25) is 0 Å². The van der Waals surface area contributed by atoms with E-state index in [-0.39, 0.29) is 23.7 Å². The highest BCUT2D eigenvalue weighted by molar-refractivity contribution is 5.86. The van der Waals surface area contributed by atoms with Gasteiger partial charge >= 0.3 is 0 Å². The zero-order valence-corrected chi connectivity index (χ0v) is 17.9. The lowest BCUT2D eigenvalue weighted by atomic mass is 9.63. The minimum absolute atomic E-state index is 0.0111. The van der Waals surface area contributed by atoms with E-state index >= 15 is 4.39 Å². The molecule has 1 nitrogen and oxygen atoms in total. The Balaban J connectivity index is 1.61. The molecule has 0 heterocycles. The maximum absolute atomic E-state index is 15.1. The van der Waals surface area contributed by atoms with Gasteiger partial charge in [-0.3, -0.25) is 0 Å². The Morgan fingerprint density at radius 3 is 2.50 bits per heavy atom. The van der Waals surface area contributed by atoms with E-state index in [0.717, 1.165) is 31.1 Å².